The molecule has 0 bridgehead atoms. The summed E-state index contributed by atoms with van der Waals surface area (Å²) in [6.07, 6.45) is 14.4. The molecule has 3 fully saturated rings. The molecule has 3 saturated carbocycles. The second-order valence-corrected chi connectivity index (χ2v) is 14.6. The maximum atomic E-state index is 14.7. The molecule has 9 nitrogen and oxygen atoms in total. The zero-order chi connectivity index (χ0) is 30.2. The number of aryl methyl sites for hydroxylation is 1. The Morgan fingerprint density at radius 1 is 0.977 bits per heavy atom. The number of ketones is 1. The summed E-state index contributed by atoms with van der Waals surface area (Å²) in [4.78, 5) is 19.5. The van der Waals surface area contributed by atoms with Crippen LogP contribution in [0.5, 0.6) is 0 Å². The number of aromatic nitrogens is 5. The molecule has 1 aromatic carbocycles. The Morgan fingerprint density at radius 3 is 2.43 bits per heavy atom. The normalized spacial score (nSPS) is 23.2. The third-order valence-corrected chi connectivity index (χ3v) is 11.7. The Kier molecular flexibility index (Phi) is 6.29. The maximum absolute atomic E-state index is 14.7. The van der Waals surface area contributed by atoms with Crippen LogP contribution < -0.4 is 0 Å². The van der Waals surface area contributed by atoms with E-state index in [4.69, 9.17) is 0 Å². The number of Topliss-reactive ketones (excluding diaryl/α,β-unsaturated/α-hetero) is 1. The molecule has 0 amide bonds. The lowest BCUT2D eigenvalue weighted by Gasteiger charge is -2.46. The van der Waals surface area contributed by atoms with Gasteiger partial charge in [-0.05, 0) is 105 Å². The first-order valence-corrected chi connectivity index (χ1v) is 16.7. The molecule has 0 spiro atoms. The molecule has 0 N–H and O–H groups in total. The van der Waals surface area contributed by atoms with Crippen LogP contribution in [0.25, 0.3) is 11.8 Å². The number of benzene rings is 1. The van der Waals surface area contributed by atoms with Crippen LogP contribution in [-0.2, 0) is 23.5 Å². The first kappa shape index (κ1) is 27.6. The lowest BCUT2D eigenvalue weighted by molar-refractivity contribution is 0.0733. The molecule has 8 rings (SSSR count). The van der Waals surface area contributed by atoms with E-state index in [2.05, 4.69) is 21.3 Å². The number of carbonyl (C=O) groups is 1. The summed E-state index contributed by atoms with van der Waals surface area (Å²) in [6.45, 7) is 0. The number of nitrogens with zero attached hydrogens (tertiary/aromatic N) is 6. The van der Waals surface area contributed by atoms with Crippen LogP contribution in [0.1, 0.15) is 78.2 Å². The summed E-state index contributed by atoms with van der Waals surface area (Å²) in [7, 11) is -2.11. The highest BCUT2D eigenvalue weighted by Gasteiger charge is 2.54. The van der Waals surface area contributed by atoms with Gasteiger partial charge < -0.3 is 0 Å². The van der Waals surface area contributed by atoms with Crippen molar-refractivity contribution in [2.45, 2.75) is 74.3 Å². The number of allylic oxidation sites excluding steroid dienone is 1. The van der Waals surface area contributed by atoms with Crippen LogP contribution in [-0.4, -0.2) is 55.1 Å². The first-order valence-electron chi connectivity index (χ1n) is 15.3. The predicted molar refractivity (Wildman–Crippen MR) is 161 cm³/mol. The Labute approximate surface area is 255 Å². The van der Waals surface area contributed by atoms with Crippen LogP contribution in [0.2, 0.25) is 0 Å². The molecule has 4 aromatic rings. The average molecular weight is 613 g/mol. The number of hydrogen-bond donors (Lipinski definition) is 0. The first-order chi connectivity index (χ1) is 21.2. The second-order valence-electron chi connectivity index (χ2n) is 12.8. The number of sulfonamides is 1. The molecule has 0 radical (unpaired) electrons. The highest BCUT2D eigenvalue weighted by Crippen LogP contribution is 2.52. The monoisotopic (exact) mass is 612 g/mol. The molecule has 3 heterocycles. The van der Waals surface area contributed by atoms with Crippen molar-refractivity contribution in [1.82, 2.24) is 28.9 Å². The summed E-state index contributed by atoms with van der Waals surface area (Å²) in [5.41, 5.74) is 4.07. The van der Waals surface area contributed by atoms with Gasteiger partial charge >= 0.3 is 0 Å². The molecular weight excluding hydrogens is 579 g/mol. The summed E-state index contributed by atoms with van der Waals surface area (Å²) < 4.78 is 46.7. The van der Waals surface area contributed by atoms with E-state index in [0.29, 0.717) is 37.3 Å². The van der Waals surface area contributed by atoms with E-state index in [1.54, 1.807) is 40.6 Å². The van der Waals surface area contributed by atoms with Crippen molar-refractivity contribution in [2.24, 2.45) is 12.5 Å². The van der Waals surface area contributed by atoms with Gasteiger partial charge in [-0.2, -0.15) is 14.5 Å². The fourth-order valence-corrected chi connectivity index (χ4v) is 9.09. The molecule has 2 atom stereocenters. The van der Waals surface area contributed by atoms with Crippen molar-refractivity contribution in [3.8, 4) is 5.69 Å². The Hall–Kier alpha value is -3.96. The zero-order valence-corrected chi connectivity index (χ0v) is 25.3. The van der Waals surface area contributed by atoms with Crippen molar-refractivity contribution in [1.29, 1.82) is 0 Å². The van der Waals surface area contributed by atoms with E-state index < -0.39 is 15.4 Å². The van der Waals surface area contributed by atoms with E-state index in [-0.39, 0.29) is 28.6 Å². The van der Waals surface area contributed by atoms with Crippen LogP contribution >= 0.6 is 0 Å². The zero-order valence-electron chi connectivity index (χ0n) is 24.4. The molecule has 4 aliphatic carbocycles. The van der Waals surface area contributed by atoms with Crippen molar-refractivity contribution >= 4 is 21.9 Å². The van der Waals surface area contributed by atoms with Crippen molar-refractivity contribution in [3.05, 3.63) is 95.1 Å². The van der Waals surface area contributed by atoms with Gasteiger partial charge in [-0.15, -0.1) is 0 Å². The average Bonchev–Trinajstić information content (AvgIpc) is 3.96. The summed E-state index contributed by atoms with van der Waals surface area (Å²) in [5, 5.41) is 8.77. The second kappa shape index (κ2) is 10.0. The highest BCUT2D eigenvalue weighted by molar-refractivity contribution is 7.89. The lowest BCUT2D eigenvalue weighted by Crippen LogP contribution is -2.51. The minimum absolute atomic E-state index is 0.0782. The fourth-order valence-electron chi connectivity index (χ4n) is 7.21. The van der Waals surface area contributed by atoms with E-state index >= 15 is 0 Å². The van der Waals surface area contributed by atoms with Gasteiger partial charge in [0, 0.05) is 31.5 Å². The maximum Gasteiger partial charge on any atom is 0.246 e. The highest BCUT2D eigenvalue weighted by atomic mass is 32.2. The van der Waals surface area contributed by atoms with E-state index in [0.717, 1.165) is 53.8 Å². The van der Waals surface area contributed by atoms with Crippen LogP contribution in [0.3, 0.4) is 0 Å². The quantitative estimate of drug-likeness (QED) is 0.253. The molecule has 226 valence electrons. The predicted octanol–water partition coefficient (Wildman–Crippen LogP) is 5.23. The van der Waals surface area contributed by atoms with Crippen LogP contribution in [0.15, 0.2) is 71.7 Å². The fraction of sp³-hybridized carbons (Fsp3) is 0.394. The molecule has 3 aromatic heterocycles. The van der Waals surface area contributed by atoms with Gasteiger partial charge in [0.25, 0.3) is 0 Å². The number of rotatable bonds is 8. The molecule has 44 heavy (non-hydrogen) atoms. The van der Waals surface area contributed by atoms with Gasteiger partial charge in [0.15, 0.2) is 5.78 Å². The van der Waals surface area contributed by atoms with Crippen molar-refractivity contribution in [3.63, 3.8) is 0 Å². The summed E-state index contributed by atoms with van der Waals surface area (Å²) in [5.74, 6) is 0.127. The topological polar surface area (TPSA) is 103 Å². The molecule has 0 unspecified atom stereocenters. The van der Waals surface area contributed by atoms with Crippen LogP contribution in [0, 0.1) is 11.2 Å². The van der Waals surface area contributed by atoms with E-state index in [1.165, 1.54) is 23.0 Å². The number of hydrogen-bond acceptors (Lipinski definition) is 6. The molecule has 0 saturated heterocycles. The van der Waals surface area contributed by atoms with Crippen molar-refractivity contribution in [2.75, 3.05) is 0 Å². The largest absolute Gasteiger partial charge is 0.291 e. The van der Waals surface area contributed by atoms with E-state index in [9.17, 15) is 17.6 Å². The number of pyridine rings is 1. The van der Waals surface area contributed by atoms with Crippen LogP contribution in [0.4, 0.5) is 4.39 Å². The number of carbonyl (C=O) groups excluding carboxylic acids is 1. The van der Waals surface area contributed by atoms with Gasteiger partial charge in [0.1, 0.15) is 16.4 Å². The van der Waals surface area contributed by atoms with Gasteiger partial charge in [0.2, 0.25) is 10.0 Å². The van der Waals surface area contributed by atoms with Gasteiger partial charge in [-0.1, -0.05) is 11.6 Å². The molecule has 0 aliphatic heterocycles. The molecule has 4 aliphatic rings. The summed E-state index contributed by atoms with van der Waals surface area (Å²) in [6, 6.07) is 9.61. The lowest BCUT2D eigenvalue weighted by atomic mass is 9.60. The number of fused-ring (bicyclic) bond motifs is 2. The Bertz CT molecular complexity index is 1900. The van der Waals surface area contributed by atoms with Gasteiger partial charge in [-0.3, -0.25) is 14.5 Å². The Morgan fingerprint density at radius 2 is 1.77 bits per heavy atom. The minimum Gasteiger partial charge on any atom is -0.291 e. The standard InChI is InChI=1S/C33H33FN6O3S/c1-38-20-29(19-36-38)44(42,43)40(27-11-12-27)28-8-5-24-14-31-23(18-37-39(31)26-9-6-25(34)7-10-26)15-33(24,16-28)32(41)30-13-4-22(17-35-30)21-2-3-21/h4,6-7,9-10,13-14,17-21,27-28H,2-3,5,8,11-12,15-16H2,1H3/t28-,33-/m0/s1. The third-order valence-electron chi connectivity index (χ3n) is 9.73. The number of halogens is 1. The molecule has 11 heteroatoms. The third kappa shape index (κ3) is 4.56. The minimum atomic E-state index is -3.82. The summed E-state index contributed by atoms with van der Waals surface area (Å²) >= 11 is 0. The van der Waals surface area contributed by atoms with Gasteiger partial charge in [0.05, 0.1) is 29.2 Å². The van der Waals surface area contributed by atoms with Gasteiger partial charge in [-0.25, -0.2) is 17.5 Å². The smallest absolute Gasteiger partial charge is 0.246 e. The SMILES string of the molecule is Cn1cc(S(=O)(=O)N(C2CC2)[C@H]2CCC3=Cc4c(cnn4-c4ccc(F)cc4)C[C@]3(C(=O)c3ccc(C4CC4)cn3)C2)cn1. The Balaban J connectivity index is 1.21. The van der Waals surface area contributed by atoms with Crippen molar-refractivity contribution < 1.29 is 17.6 Å². The van der Waals surface area contributed by atoms with E-state index in [1.807, 2.05) is 18.3 Å². The molecular formula is C33H33FN6O3S.